The molecule has 0 aliphatic heterocycles. The molecular weight excluding hydrogens is 235 g/mol. The highest BCUT2D eigenvalue weighted by molar-refractivity contribution is 5.89. The van der Waals surface area contributed by atoms with Crippen molar-refractivity contribution in [3.05, 3.63) is 35.1 Å². The molecule has 0 saturated heterocycles. The number of esters is 1. The van der Waals surface area contributed by atoms with E-state index in [9.17, 15) is 9.18 Å². The first-order valence-corrected chi connectivity index (χ1v) is 5.99. The number of hydrogen-bond donors (Lipinski definition) is 0. The molecule has 0 N–H and O–H groups in total. The van der Waals surface area contributed by atoms with Crippen molar-refractivity contribution >= 4 is 5.97 Å². The number of benzene rings is 1. The number of carbonyl (C=O) groups excluding carboxylic acids is 1. The molecule has 0 aliphatic rings. The fraction of sp³-hybridized carbons (Fsp3) is 0.500. The van der Waals surface area contributed by atoms with E-state index in [1.807, 2.05) is 0 Å². The summed E-state index contributed by atoms with van der Waals surface area (Å²) in [5, 5.41) is 0. The molecule has 0 heterocycles. The van der Waals surface area contributed by atoms with Crippen LogP contribution in [-0.2, 0) is 16.1 Å². The standard InChI is InChI=1S/C14H19FO3/c1-10(2)6-7-18-9-11-4-5-12(13(15)8-11)14(16)17-3/h4-5,8,10H,6-7,9H2,1-3H3. The molecule has 0 fully saturated rings. The maximum atomic E-state index is 13.6. The minimum Gasteiger partial charge on any atom is -0.465 e. The van der Waals surface area contributed by atoms with E-state index in [1.54, 1.807) is 6.07 Å². The van der Waals surface area contributed by atoms with Crippen molar-refractivity contribution in [2.45, 2.75) is 26.9 Å². The van der Waals surface area contributed by atoms with Crippen LogP contribution in [0.4, 0.5) is 4.39 Å². The van der Waals surface area contributed by atoms with Gasteiger partial charge in [-0.2, -0.15) is 0 Å². The number of carbonyl (C=O) groups is 1. The number of halogens is 1. The van der Waals surface area contributed by atoms with Gasteiger partial charge in [0.2, 0.25) is 0 Å². The molecule has 18 heavy (non-hydrogen) atoms. The molecule has 0 amide bonds. The van der Waals surface area contributed by atoms with Crippen molar-refractivity contribution in [3.8, 4) is 0 Å². The summed E-state index contributed by atoms with van der Waals surface area (Å²) in [6.07, 6.45) is 0.975. The van der Waals surface area contributed by atoms with Gasteiger partial charge in [0.1, 0.15) is 5.82 Å². The lowest BCUT2D eigenvalue weighted by Gasteiger charge is -2.07. The summed E-state index contributed by atoms with van der Waals surface area (Å²) in [6, 6.07) is 4.40. The summed E-state index contributed by atoms with van der Waals surface area (Å²) in [7, 11) is 1.23. The van der Waals surface area contributed by atoms with E-state index < -0.39 is 11.8 Å². The minimum atomic E-state index is -0.667. The Balaban J connectivity index is 2.54. The lowest BCUT2D eigenvalue weighted by Crippen LogP contribution is -2.05. The first kappa shape index (κ1) is 14.6. The Bertz CT molecular complexity index is 402. The van der Waals surface area contributed by atoms with Crippen LogP contribution in [0.5, 0.6) is 0 Å². The zero-order chi connectivity index (χ0) is 13.5. The second-order valence-corrected chi connectivity index (χ2v) is 4.54. The first-order chi connectivity index (χ1) is 8.54. The van der Waals surface area contributed by atoms with Crippen LogP contribution >= 0.6 is 0 Å². The monoisotopic (exact) mass is 254 g/mol. The van der Waals surface area contributed by atoms with E-state index in [0.717, 1.165) is 6.42 Å². The van der Waals surface area contributed by atoms with Crippen LogP contribution in [0.1, 0.15) is 36.2 Å². The Labute approximate surface area is 107 Å². The van der Waals surface area contributed by atoms with Gasteiger partial charge in [0, 0.05) is 6.61 Å². The normalized spacial score (nSPS) is 10.7. The second kappa shape index (κ2) is 7.11. The Morgan fingerprint density at radius 3 is 2.67 bits per heavy atom. The van der Waals surface area contributed by atoms with Crippen molar-refractivity contribution in [1.29, 1.82) is 0 Å². The van der Waals surface area contributed by atoms with Gasteiger partial charge in [0.15, 0.2) is 0 Å². The third kappa shape index (κ3) is 4.45. The van der Waals surface area contributed by atoms with Crippen molar-refractivity contribution in [3.63, 3.8) is 0 Å². The van der Waals surface area contributed by atoms with E-state index in [2.05, 4.69) is 18.6 Å². The third-order valence-electron chi connectivity index (χ3n) is 2.55. The summed E-state index contributed by atoms with van der Waals surface area (Å²) in [4.78, 5) is 11.2. The van der Waals surface area contributed by atoms with Gasteiger partial charge in [-0.15, -0.1) is 0 Å². The van der Waals surface area contributed by atoms with Crippen LogP contribution in [0.15, 0.2) is 18.2 Å². The molecule has 3 nitrogen and oxygen atoms in total. The van der Waals surface area contributed by atoms with Gasteiger partial charge in [0.05, 0.1) is 19.3 Å². The zero-order valence-electron chi connectivity index (χ0n) is 11.0. The summed E-state index contributed by atoms with van der Waals surface area (Å²) in [5.41, 5.74) is 0.660. The smallest absolute Gasteiger partial charge is 0.340 e. The predicted molar refractivity (Wildman–Crippen MR) is 66.9 cm³/mol. The Hall–Kier alpha value is -1.42. The molecule has 100 valence electrons. The lowest BCUT2D eigenvalue weighted by molar-refractivity contribution is 0.0595. The van der Waals surface area contributed by atoms with Gasteiger partial charge < -0.3 is 9.47 Å². The van der Waals surface area contributed by atoms with Crippen molar-refractivity contribution in [2.75, 3.05) is 13.7 Å². The molecule has 0 unspecified atom stereocenters. The molecule has 1 rings (SSSR count). The number of ether oxygens (including phenoxy) is 2. The van der Waals surface area contributed by atoms with Gasteiger partial charge in [-0.05, 0) is 30.0 Å². The largest absolute Gasteiger partial charge is 0.465 e. The van der Waals surface area contributed by atoms with Gasteiger partial charge in [-0.3, -0.25) is 0 Å². The number of rotatable bonds is 6. The van der Waals surface area contributed by atoms with Crippen LogP contribution in [0, 0.1) is 11.7 Å². The zero-order valence-corrected chi connectivity index (χ0v) is 11.0. The van der Waals surface area contributed by atoms with Crippen LogP contribution in [0.2, 0.25) is 0 Å². The summed E-state index contributed by atoms with van der Waals surface area (Å²) in [5.74, 6) is -0.657. The fourth-order valence-corrected chi connectivity index (χ4v) is 1.43. The maximum Gasteiger partial charge on any atom is 0.340 e. The Kier molecular flexibility index (Phi) is 5.78. The molecular formula is C14H19FO3. The van der Waals surface area contributed by atoms with Crippen molar-refractivity contribution in [2.24, 2.45) is 5.92 Å². The summed E-state index contributed by atoms with van der Waals surface area (Å²) >= 11 is 0. The third-order valence-corrected chi connectivity index (χ3v) is 2.55. The van der Waals surface area contributed by atoms with E-state index >= 15 is 0 Å². The molecule has 1 aromatic carbocycles. The highest BCUT2D eigenvalue weighted by Crippen LogP contribution is 2.13. The number of methoxy groups -OCH3 is 1. The van der Waals surface area contributed by atoms with Crippen LogP contribution in [0.25, 0.3) is 0 Å². The molecule has 0 bridgehead atoms. The highest BCUT2D eigenvalue weighted by atomic mass is 19.1. The topological polar surface area (TPSA) is 35.5 Å². The van der Waals surface area contributed by atoms with Gasteiger partial charge >= 0.3 is 5.97 Å². The van der Waals surface area contributed by atoms with Crippen molar-refractivity contribution < 1.29 is 18.7 Å². The van der Waals surface area contributed by atoms with E-state index in [4.69, 9.17) is 4.74 Å². The molecule has 0 atom stereocenters. The molecule has 0 aromatic heterocycles. The lowest BCUT2D eigenvalue weighted by atomic mass is 10.1. The quantitative estimate of drug-likeness (QED) is 0.577. The minimum absolute atomic E-state index is 0.0524. The molecule has 4 heteroatoms. The van der Waals surface area contributed by atoms with Crippen LogP contribution in [-0.4, -0.2) is 19.7 Å². The van der Waals surface area contributed by atoms with Gasteiger partial charge in [0.25, 0.3) is 0 Å². The predicted octanol–water partition coefficient (Wildman–Crippen LogP) is 3.18. The average Bonchev–Trinajstić information content (AvgIpc) is 2.33. The van der Waals surface area contributed by atoms with Gasteiger partial charge in [-0.25, -0.2) is 9.18 Å². The molecule has 0 saturated carbocycles. The number of hydrogen-bond acceptors (Lipinski definition) is 3. The SMILES string of the molecule is COC(=O)c1ccc(COCCC(C)C)cc1F. The fourth-order valence-electron chi connectivity index (χ4n) is 1.43. The summed E-state index contributed by atoms with van der Waals surface area (Å²) in [6.45, 7) is 5.24. The molecule has 0 spiro atoms. The summed E-state index contributed by atoms with van der Waals surface area (Å²) < 4.78 is 23.5. The Morgan fingerprint density at radius 2 is 2.11 bits per heavy atom. The molecule has 1 aromatic rings. The Morgan fingerprint density at radius 1 is 1.39 bits per heavy atom. The second-order valence-electron chi connectivity index (χ2n) is 4.54. The van der Waals surface area contributed by atoms with E-state index in [-0.39, 0.29) is 5.56 Å². The molecule has 0 aliphatic carbocycles. The average molecular weight is 254 g/mol. The van der Waals surface area contributed by atoms with Gasteiger partial charge in [-0.1, -0.05) is 19.9 Å². The molecule has 0 radical (unpaired) electrons. The van der Waals surface area contributed by atoms with E-state index in [0.29, 0.717) is 24.7 Å². The van der Waals surface area contributed by atoms with Crippen LogP contribution < -0.4 is 0 Å². The maximum absolute atomic E-state index is 13.6. The van der Waals surface area contributed by atoms with E-state index in [1.165, 1.54) is 19.2 Å². The highest BCUT2D eigenvalue weighted by Gasteiger charge is 2.12. The first-order valence-electron chi connectivity index (χ1n) is 5.99. The van der Waals surface area contributed by atoms with Crippen molar-refractivity contribution in [1.82, 2.24) is 0 Å². The van der Waals surface area contributed by atoms with Crippen LogP contribution in [0.3, 0.4) is 0 Å².